The average Bonchev–Trinajstić information content (AvgIpc) is 2.30. The van der Waals surface area contributed by atoms with Crippen LogP contribution in [0.2, 0.25) is 0 Å². The van der Waals surface area contributed by atoms with E-state index in [4.69, 9.17) is 4.74 Å². The van der Waals surface area contributed by atoms with Crippen LogP contribution >= 0.6 is 0 Å². The molecule has 1 N–H and O–H groups in total. The van der Waals surface area contributed by atoms with Crippen molar-refractivity contribution in [3.63, 3.8) is 0 Å². The van der Waals surface area contributed by atoms with E-state index < -0.39 is 0 Å². The maximum atomic E-state index is 9.23. The lowest BCUT2D eigenvalue weighted by Gasteiger charge is -1.99. The lowest BCUT2D eigenvalue weighted by Crippen LogP contribution is -1.81. The molecule has 0 radical (unpaired) electrons. The van der Waals surface area contributed by atoms with Crippen LogP contribution in [0, 0.1) is 0 Å². The summed E-state index contributed by atoms with van der Waals surface area (Å²) in [4.78, 5) is 0. The van der Waals surface area contributed by atoms with E-state index >= 15 is 0 Å². The molecule has 2 aromatic carbocycles. The molecular formula is C14H12O2. The standard InChI is InChI=1S/C14H12O2/c15-13-7-4-8-14(11-13)16-10-9-12-5-2-1-3-6-12/h1-11,15H. The summed E-state index contributed by atoms with van der Waals surface area (Å²) in [6.45, 7) is 0. The zero-order chi connectivity index (χ0) is 11.2. The number of hydrogen-bond acceptors (Lipinski definition) is 2. The third-order valence-corrected chi connectivity index (χ3v) is 2.08. The number of phenols is 1. The highest BCUT2D eigenvalue weighted by atomic mass is 16.5. The molecule has 80 valence electrons. The Labute approximate surface area is 94.4 Å². The second-order valence-electron chi connectivity index (χ2n) is 3.33. The second kappa shape index (κ2) is 5.03. The van der Waals surface area contributed by atoms with Gasteiger partial charge in [-0.3, -0.25) is 0 Å². The number of benzene rings is 2. The van der Waals surface area contributed by atoms with Crippen molar-refractivity contribution in [1.82, 2.24) is 0 Å². The van der Waals surface area contributed by atoms with Gasteiger partial charge in [0.15, 0.2) is 0 Å². The first-order chi connectivity index (χ1) is 7.84. The van der Waals surface area contributed by atoms with Crippen LogP contribution in [0.15, 0.2) is 60.9 Å². The second-order valence-corrected chi connectivity index (χ2v) is 3.33. The molecule has 0 spiro atoms. The van der Waals surface area contributed by atoms with Crippen LogP contribution in [-0.4, -0.2) is 5.11 Å². The summed E-state index contributed by atoms with van der Waals surface area (Å²) in [5, 5.41) is 9.23. The SMILES string of the molecule is Oc1cccc(OC=Cc2ccccc2)c1. The number of rotatable bonds is 3. The summed E-state index contributed by atoms with van der Waals surface area (Å²) in [5.74, 6) is 0.817. The Morgan fingerprint density at radius 2 is 1.75 bits per heavy atom. The monoisotopic (exact) mass is 212 g/mol. The van der Waals surface area contributed by atoms with Gasteiger partial charge in [0.1, 0.15) is 11.5 Å². The predicted molar refractivity (Wildman–Crippen MR) is 64.2 cm³/mol. The topological polar surface area (TPSA) is 29.5 Å². The molecule has 0 fully saturated rings. The predicted octanol–water partition coefficient (Wildman–Crippen LogP) is 3.44. The maximum absolute atomic E-state index is 9.23. The lowest BCUT2D eigenvalue weighted by molar-refractivity contribution is 0.456. The largest absolute Gasteiger partial charge is 0.508 e. The van der Waals surface area contributed by atoms with E-state index in [0.717, 1.165) is 5.56 Å². The van der Waals surface area contributed by atoms with Crippen molar-refractivity contribution in [3.8, 4) is 11.5 Å². The van der Waals surface area contributed by atoms with Gasteiger partial charge in [-0.15, -0.1) is 0 Å². The molecule has 0 saturated heterocycles. The van der Waals surface area contributed by atoms with Gasteiger partial charge in [-0.2, -0.15) is 0 Å². The average molecular weight is 212 g/mol. The maximum Gasteiger partial charge on any atom is 0.130 e. The summed E-state index contributed by atoms with van der Waals surface area (Å²) in [6.07, 6.45) is 3.47. The Hall–Kier alpha value is -2.22. The van der Waals surface area contributed by atoms with Crippen molar-refractivity contribution in [2.75, 3.05) is 0 Å². The zero-order valence-corrected chi connectivity index (χ0v) is 8.71. The summed E-state index contributed by atoms with van der Waals surface area (Å²) in [6, 6.07) is 16.6. The first-order valence-electron chi connectivity index (χ1n) is 5.02. The van der Waals surface area contributed by atoms with Gasteiger partial charge in [-0.25, -0.2) is 0 Å². The highest BCUT2D eigenvalue weighted by Gasteiger charge is 1.91. The van der Waals surface area contributed by atoms with Crippen molar-refractivity contribution in [3.05, 3.63) is 66.4 Å². The Bertz CT molecular complexity index is 475. The molecule has 16 heavy (non-hydrogen) atoms. The molecule has 0 unspecified atom stereocenters. The Kier molecular flexibility index (Phi) is 3.24. The van der Waals surface area contributed by atoms with Gasteiger partial charge >= 0.3 is 0 Å². The van der Waals surface area contributed by atoms with Crippen LogP contribution in [0.3, 0.4) is 0 Å². The molecule has 0 bridgehead atoms. The highest BCUT2D eigenvalue weighted by molar-refractivity contribution is 5.48. The van der Waals surface area contributed by atoms with E-state index in [1.807, 2.05) is 36.4 Å². The quantitative estimate of drug-likeness (QED) is 0.790. The van der Waals surface area contributed by atoms with Crippen molar-refractivity contribution in [2.24, 2.45) is 0 Å². The molecule has 2 nitrogen and oxygen atoms in total. The Morgan fingerprint density at radius 3 is 2.50 bits per heavy atom. The minimum atomic E-state index is 0.200. The van der Waals surface area contributed by atoms with Crippen LogP contribution in [0.1, 0.15) is 5.56 Å². The van der Waals surface area contributed by atoms with Crippen molar-refractivity contribution in [2.45, 2.75) is 0 Å². The van der Waals surface area contributed by atoms with E-state index in [9.17, 15) is 5.11 Å². The van der Waals surface area contributed by atoms with Crippen LogP contribution < -0.4 is 4.74 Å². The molecule has 2 heteroatoms. The Balaban J connectivity index is 2.00. The molecule has 2 aromatic rings. The number of aromatic hydroxyl groups is 1. The molecule has 0 amide bonds. The first-order valence-corrected chi connectivity index (χ1v) is 5.02. The first kappa shape index (κ1) is 10.3. The summed E-state index contributed by atoms with van der Waals surface area (Å²) < 4.78 is 5.35. The summed E-state index contributed by atoms with van der Waals surface area (Å²) >= 11 is 0. The van der Waals surface area contributed by atoms with E-state index in [1.165, 1.54) is 0 Å². The molecule has 0 aliphatic heterocycles. The molecule has 2 rings (SSSR count). The van der Waals surface area contributed by atoms with Crippen LogP contribution in [0.4, 0.5) is 0 Å². The minimum absolute atomic E-state index is 0.200. The normalized spacial score (nSPS) is 10.5. The third kappa shape index (κ3) is 2.89. The molecule has 0 atom stereocenters. The van der Waals surface area contributed by atoms with Gasteiger partial charge in [-0.1, -0.05) is 36.4 Å². The van der Waals surface area contributed by atoms with E-state index in [1.54, 1.807) is 30.5 Å². The van der Waals surface area contributed by atoms with E-state index in [0.29, 0.717) is 5.75 Å². The summed E-state index contributed by atoms with van der Waals surface area (Å²) in [7, 11) is 0. The minimum Gasteiger partial charge on any atom is -0.508 e. The van der Waals surface area contributed by atoms with Gasteiger partial charge in [-0.05, 0) is 23.8 Å². The van der Waals surface area contributed by atoms with Crippen LogP contribution in [0.25, 0.3) is 6.08 Å². The molecule has 0 aliphatic carbocycles. The lowest BCUT2D eigenvalue weighted by atomic mass is 10.2. The number of hydrogen-bond donors (Lipinski definition) is 1. The van der Waals surface area contributed by atoms with Crippen LogP contribution in [-0.2, 0) is 0 Å². The number of ether oxygens (including phenoxy) is 1. The van der Waals surface area contributed by atoms with Crippen molar-refractivity contribution < 1.29 is 9.84 Å². The van der Waals surface area contributed by atoms with Crippen molar-refractivity contribution in [1.29, 1.82) is 0 Å². The highest BCUT2D eigenvalue weighted by Crippen LogP contribution is 2.18. The van der Waals surface area contributed by atoms with Crippen molar-refractivity contribution >= 4 is 6.08 Å². The molecule has 0 aromatic heterocycles. The molecule has 0 saturated carbocycles. The van der Waals surface area contributed by atoms with Gasteiger partial charge in [0, 0.05) is 6.07 Å². The zero-order valence-electron chi connectivity index (χ0n) is 8.71. The molecule has 0 heterocycles. The Morgan fingerprint density at radius 1 is 0.938 bits per heavy atom. The van der Waals surface area contributed by atoms with Gasteiger partial charge in [0.25, 0.3) is 0 Å². The van der Waals surface area contributed by atoms with E-state index in [2.05, 4.69) is 0 Å². The molecule has 0 aliphatic rings. The fourth-order valence-electron chi connectivity index (χ4n) is 1.31. The fourth-order valence-corrected chi connectivity index (χ4v) is 1.31. The summed E-state index contributed by atoms with van der Waals surface area (Å²) in [5.41, 5.74) is 1.07. The van der Waals surface area contributed by atoms with Gasteiger partial charge < -0.3 is 9.84 Å². The number of phenolic OH excluding ortho intramolecular Hbond substituents is 1. The van der Waals surface area contributed by atoms with Gasteiger partial charge in [0.2, 0.25) is 0 Å². The fraction of sp³-hybridized carbons (Fsp3) is 0. The molecular weight excluding hydrogens is 200 g/mol. The van der Waals surface area contributed by atoms with E-state index in [-0.39, 0.29) is 5.75 Å². The van der Waals surface area contributed by atoms with Gasteiger partial charge in [0.05, 0.1) is 6.26 Å². The smallest absolute Gasteiger partial charge is 0.130 e. The van der Waals surface area contributed by atoms with Crippen LogP contribution in [0.5, 0.6) is 11.5 Å². The third-order valence-electron chi connectivity index (χ3n) is 2.08.